The Bertz CT molecular complexity index is 781. The molecule has 8 heteroatoms. The topological polar surface area (TPSA) is 88.5 Å². The van der Waals surface area contributed by atoms with Gasteiger partial charge in [-0.3, -0.25) is 0 Å². The van der Waals surface area contributed by atoms with E-state index in [9.17, 15) is 14.4 Å². The van der Waals surface area contributed by atoms with Crippen molar-refractivity contribution >= 4 is 7.75 Å². The van der Waals surface area contributed by atoms with Crippen LogP contribution in [0.15, 0.2) is 54.6 Å². The minimum atomic E-state index is -4.34. The summed E-state index contributed by atoms with van der Waals surface area (Å²) in [5.74, 6) is 1.17. The summed E-state index contributed by atoms with van der Waals surface area (Å²) in [7, 11) is -4.34. The van der Waals surface area contributed by atoms with Crippen molar-refractivity contribution in [2.24, 2.45) is 0 Å². The van der Waals surface area contributed by atoms with Crippen LogP contribution in [0.5, 0.6) is 11.5 Å². The average Bonchev–Trinajstić information content (AvgIpc) is 2.67. The van der Waals surface area contributed by atoms with E-state index in [1.165, 1.54) is 0 Å². The summed E-state index contributed by atoms with van der Waals surface area (Å²) < 4.78 is 30.6. The molecule has 0 bridgehead atoms. The van der Waals surface area contributed by atoms with Crippen molar-refractivity contribution < 1.29 is 28.6 Å². The molecule has 0 spiro atoms. The fraction of sp³-hybridized carbons (Fsp3) is 0.368. The monoisotopic (exact) mass is 393 g/mol. The van der Waals surface area contributed by atoms with Crippen molar-refractivity contribution in [3.05, 3.63) is 60.2 Å². The van der Waals surface area contributed by atoms with Gasteiger partial charge in [-0.05, 0) is 24.6 Å². The maximum Gasteiger partial charge on any atom is 0.403 e. The van der Waals surface area contributed by atoms with Crippen molar-refractivity contribution in [1.29, 1.82) is 0 Å². The first-order valence-corrected chi connectivity index (χ1v) is 10.4. The highest BCUT2D eigenvalue weighted by Gasteiger charge is 2.37. The number of ether oxygens (including phenoxy) is 3. The van der Waals surface area contributed by atoms with E-state index in [1.54, 1.807) is 0 Å². The fourth-order valence-electron chi connectivity index (χ4n) is 3.04. The Morgan fingerprint density at radius 1 is 1.15 bits per heavy atom. The molecule has 0 aliphatic carbocycles. The first kappa shape index (κ1) is 19.9. The summed E-state index contributed by atoms with van der Waals surface area (Å²) in [5, 5.41) is 0. The summed E-state index contributed by atoms with van der Waals surface area (Å²) in [6.45, 7) is 2.87. The van der Waals surface area contributed by atoms with E-state index in [1.807, 2.05) is 61.5 Å². The largest absolute Gasteiger partial charge is 0.490 e. The number of hydrogen-bond donors (Lipinski definition) is 2. The molecule has 1 heterocycles. The van der Waals surface area contributed by atoms with Gasteiger partial charge in [0.05, 0.1) is 13.2 Å². The van der Waals surface area contributed by atoms with Crippen LogP contribution in [0, 0.1) is 0 Å². The van der Waals surface area contributed by atoms with Gasteiger partial charge in [0.25, 0.3) is 0 Å². The van der Waals surface area contributed by atoms with E-state index in [4.69, 9.17) is 14.2 Å². The standard InChI is InChI=1S/C19H24NO6P/c1-2-24-16-10-6-7-11-17(16)26-19(15-8-4-3-5-9-15)18-14-20(12-13-25-18)27(21,22)23/h3-11,18-19H,2,12-14H2,1H3,(H2,21,22,23). The van der Waals surface area contributed by atoms with Gasteiger partial charge in [0.15, 0.2) is 17.6 Å². The van der Waals surface area contributed by atoms with E-state index in [0.717, 1.165) is 10.2 Å². The molecular weight excluding hydrogens is 369 g/mol. The molecule has 0 radical (unpaired) electrons. The summed E-state index contributed by atoms with van der Waals surface area (Å²) in [5.41, 5.74) is 0.862. The number of para-hydroxylation sites is 2. The Balaban J connectivity index is 1.90. The zero-order chi connectivity index (χ0) is 19.3. The Morgan fingerprint density at radius 3 is 2.48 bits per heavy atom. The SMILES string of the molecule is CCOc1ccccc1OC(c1ccccc1)C1CN(P(=O)(O)O)CCO1. The molecule has 0 saturated carbocycles. The highest BCUT2D eigenvalue weighted by molar-refractivity contribution is 7.49. The number of benzene rings is 2. The van der Waals surface area contributed by atoms with E-state index in [2.05, 4.69) is 0 Å². The third-order valence-corrected chi connectivity index (χ3v) is 5.41. The summed E-state index contributed by atoms with van der Waals surface area (Å²) in [6.07, 6.45) is -1.08. The van der Waals surface area contributed by atoms with Crippen LogP contribution in [-0.2, 0) is 9.30 Å². The lowest BCUT2D eigenvalue weighted by atomic mass is 10.0. The Labute approximate surface area is 158 Å². The summed E-state index contributed by atoms with van der Waals surface area (Å²) in [6, 6.07) is 16.9. The van der Waals surface area contributed by atoms with Gasteiger partial charge in [-0.1, -0.05) is 42.5 Å². The van der Waals surface area contributed by atoms with Crippen LogP contribution in [0.1, 0.15) is 18.6 Å². The molecular formula is C19H24NO6P. The van der Waals surface area contributed by atoms with Crippen LogP contribution in [-0.4, -0.2) is 46.9 Å². The highest BCUT2D eigenvalue weighted by atomic mass is 31.2. The molecule has 1 aliphatic rings. The molecule has 3 rings (SSSR count). The van der Waals surface area contributed by atoms with Crippen LogP contribution >= 0.6 is 7.75 Å². The molecule has 0 aromatic heterocycles. The fourth-order valence-corrected chi connectivity index (χ4v) is 3.76. The minimum Gasteiger partial charge on any atom is -0.490 e. The summed E-state index contributed by atoms with van der Waals surface area (Å²) >= 11 is 0. The van der Waals surface area contributed by atoms with Crippen molar-refractivity contribution in [3.8, 4) is 11.5 Å². The highest BCUT2D eigenvalue weighted by Crippen LogP contribution is 2.43. The second-order valence-corrected chi connectivity index (χ2v) is 7.76. The predicted octanol–water partition coefficient (Wildman–Crippen LogP) is 3.00. The Hall–Kier alpha value is -1.89. The molecule has 2 atom stereocenters. The molecule has 2 aromatic rings. The van der Waals surface area contributed by atoms with E-state index >= 15 is 0 Å². The zero-order valence-corrected chi connectivity index (χ0v) is 16.0. The van der Waals surface area contributed by atoms with Crippen LogP contribution in [0.4, 0.5) is 0 Å². The van der Waals surface area contributed by atoms with Gasteiger partial charge in [-0.2, -0.15) is 0 Å². The van der Waals surface area contributed by atoms with Crippen molar-refractivity contribution in [2.45, 2.75) is 19.1 Å². The Morgan fingerprint density at radius 2 is 1.81 bits per heavy atom. The van der Waals surface area contributed by atoms with Crippen molar-refractivity contribution in [3.63, 3.8) is 0 Å². The molecule has 1 aliphatic heterocycles. The minimum absolute atomic E-state index is 0.0701. The molecule has 2 N–H and O–H groups in total. The first-order chi connectivity index (χ1) is 13.0. The zero-order valence-electron chi connectivity index (χ0n) is 15.1. The molecule has 1 saturated heterocycles. The molecule has 146 valence electrons. The van der Waals surface area contributed by atoms with Gasteiger partial charge in [0.2, 0.25) is 0 Å². The third kappa shape index (κ3) is 5.09. The number of rotatable bonds is 7. The van der Waals surface area contributed by atoms with Gasteiger partial charge in [-0.15, -0.1) is 0 Å². The second kappa shape index (κ2) is 8.87. The lowest BCUT2D eigenvalue weighted by molar-refractivity contribution is -0.0685. The van der Waals surface area contributed by atoms with E-state index < -0.39 is 20.0 Å². The quantitative estimate of drug-likeness (QED) is 0.699. The lowest BCUT2D eigenvalue weighted by Gasteiger charge is -2.37. The van der Waals surface area contributed by atoms with Gasteiger partial charge in [-0.25, -0.2) is 9.24 Å². The van der Waals surface area contributed by atoms with Gasteiger partial charge >= 0.3 is 7.75 Å². The van der Waals surface area contributed by atoms with Crippen molar-refractivity contribution in [1.82, 2.24) is 4.67 Å². The van der Waals surface area contributed by atoms with Gasteiger partial charge in [0, 0.05) is 13.1 Å². The maximum absolute atomic E-state index is 11.7. The molecule has 1 fully saturated rings. The predicted molar refractivity (Wildman–Crippen MR) is 101 cm³/mol. The second-order valence-electron chi connectivity index (χ2n) is 6.16. The maximum atomic E-state index is 11.7. The molecule has 2 unspecified atom stereocenters. The van der Waals surface area contributed by atoms with Crippen LogP contribution < -0.4 is 9.47 Å². The van der Waals surface area contributed by atoms with Gasteiger partial charge < -0.3 is 24.0 Å². The average molecular weight is 393 g/mol. The lowest BCUT2D eigenvalue weighted by Crippen LogP contribution is -2.44. The van der Waals surface area contributed by atoms with E-state index in [0.29, 0.717) is 18.1 Å². The smallest absolute Gasteiger partial charge is 0.403 e. The summed E-state index contributed by atoms with van der Waals surface area (Å²) in [4.78, 5) is 19.1. The Kier molecular flexibility index (Phi) is 6.52. The first-order valence-electron chi connectivity index (χ1n) is 8.85. The van der Waals surface area contributed by atoms with Crippen molar-refractivity contribution in [2.75, 3.05) is 26.3 Å². The molecule has 0 amide bonds. The van der Waals surface area contributed by atoms with Crippen LogP contribution in [0.2, 0.25) is 0 Å². The van der Waals surface area contributed by atoms with Crippen LogP contribution in [0.3, 0.4) is 0 Å². The number of morpholine rings is 1. The van der Waals surface area contributed by atoms with E-state index in [-0.39, 0.29) is 19.7 Å². The molecule has 27 heavy (non-hydrogen) atoms. The number of nitrogens with zero attached hydrogens (tertiary/aromatic N) is 1. The van der Waals surface area contributed by atoms with Crippen LogP contribution in [0.25, 0.3) is 0 Å². The number of hydrogen-bond acceptors (Lipinski definition) is 4. The molecule has 7 nitrogen and oxygen atoms in total. The van der Waals surface area contributed by atoms with Gasteiger partial charge in [0.1, 0.15) is 6.10 Å². The third-order valence-electron chi connectivity index (χ3n) is 4.31. The molecule has 2 aromatic carbocycles. The normalized spacial score (nSPS) is 19.4.